The van der Waals surface area contributed by atoms with Crippen LogP contribution in [0.15, 0.2) is 78.5 Å². The third-order valence-corrected chi connectivity index (χ3v) is 5.45. The second-order valence-electron chi connectivity index (χ2n) is 7.69. The van der Waals surface area contributed by atoms with E-state index in [9.17, 15) is 14.0 Å². The highest BCUT2D eigenvalue weighted by atomic mass is 19.1. The summed E-state index contributed by atoms with van der Waals surface area (Å²) >= 11 is 0. The maximum absolute atomic E-state index is 13.3. The Hall–Kier alpha value is -3.73. The zero-order valence-corrected chi connectivity index (χ0v) is 17.5. The molecule has 1 N–H and O–H groups in total. The maximum atomic E-state index is 13.3. The first-order valence-electron chi connectivity index (χ1n) is 10.2. The highest BCUT2D eigenvalue weighted by Gasteiger charge is 2.39. The van der Waals surface area contributed by atoms with Gasteiger partial charge in [-0.2, -0.15) is 0 Å². The summed E-state index contributed by atoms with van der Waals surface area (Å²) in [6, 6.07) is 21.3. The normalized spacial score (nSPS) is 13.8. The van der Waals surface area contributed by atoms with Gasteiger partial charge in [-0.05, 0) is 55.2 Å². The summed E-state index contributed by atoms with van der Waals surface area (Å²) in [5.41, 5.74) is 5.03. The predicted octanol–water partition coefficient (Wildman–Crippen LogP) is 4.88. The number of halogens is 1. The second kappa shape index (κ2) is 8.56. The molecule has 0 saturated heterocycles. The SMILES string of the molecule is Cc1ccc(C2=C(Nc3ccccc3C)C(=O)N(CCc3ccc(F)cc3)C2=O)cc1. The average Bonchev–Trinajstić information content (AvgIpc) is 2.99. The van der Waals surface area contributed by atoms with Crippen LogP contribution in [0.5, 0.6) is 0 Å². The van der Waals surface area contributed by atoms with Gasteiger partial charge in [0.1, 0.15) is 11.5 Å². The van der Waals surface area contributed by atoms with E-state index in [1.807, 2.05) is 62.4 Å². The fourth-order valence-electron chi connectivity index (χ4n) is 3.62. The van der Waals surface area contributed by atoms with Gasteiger partial charge in [-0.15, -0.1) is 0 Å². The van der Waals surface area contributed by atoms with Crippen molar-refractivity contribution < 1.29 is 14.0 Å². The molecule has 1 aliphatic heterocycles. The lowest BCUT2D eigenvalue weighted by atomic mass is 10.0. The van der Waals surface area contributed by atoms with Gasteiger partial charge in [0, 0.05) is 12.2 Å². The molecule has 2 amide bonds. The first kappa shape index (κ1) is 20.5. The van der Waals surface area contributed by atoms with Crippen molar-refractivity contribution in [3.8, 4) is 0 Å². The lowest BCUT2D eigenvalue weighted by molar-refractivity contribution is -0.136. The molecule has 0 spiro atoms. The summed E-state index contributed by atoms with van der Waals surface area (Å²) in [6.45, 7) is 4.14. The molecule has 0 radical (unpaired) electrons. The van der Waals surface area contributed by atoms with Crippen LogP contribution in [0.2, 0.25) is 0 Å². The molecule has 0 saturated carbocycles. The monoisotopic (exact) mass is 414 g/mol. The first-order valence-corrected chi connectivity index (χ1v) is 10.2. The minimum absolute atomic E-state index is 0.220. The topological polar surface area (TPSA) is 49.4 Å². The molecule has 0 bridgehead atoms. The van der Waals surface area contributed by atoms with Gasteiger partial charge in [-0.1, -0.05) is 60.2 Å². The zero-order chi connectivity index (χ0) is 22.0. The second-order valence-corrected chi connectivity index (χ2v) is 7.69. The van der Waals surface area contributed by atoms with Gasteiger partial charge in [-0.3, -0.25) is 14.5 Å². The number of nitrogens with zero attached hydrogens (tertiary/aromatic N) is 1. The van der Waals surface area contributed by atoms with Gasteiger partial charge >= 0.3 is 0 Å². The van der Waals surface area contributed by atoms with Crippen molar-refractivity contribution in [1.29, 1.82) is 0 Å². The van der Waals surface area contributed by atoms with E-state index in [0.29, 0.717) is 17.6 Å². The number of rotatable bonds is 6. The van der Waals surface area contributed by atoms with Crippen LogP contribution in [0, 0.1) is 19.7 Å². The van der Waals surface area contributed by atoms with Crippen molar-refractivity contribution in [2.75, 3.05) is 11.9 Å². The smallest absolute Gasteiger partial charge is 0.278 e. The van der Waals surface area contributed by atoms with Gasteiger partial charge in [0.15, 0.2) is 0 Å². The van der Waals surface area contributed by atoms with Gasteiger partial charge < -0.3 is 5.32 Å². The Balaban J connectivity index is 1.67. The van der Waals surface area contributed by atoms with Crippen LogP contribution in [0.3, 0.4) is 0 Å². The number of hydrogen-bond donors (Lipinski definition) is 1. The lowest BCUT2D eigenvalue weighted by Crippen LogP contribution is -2.34. The molecular weight excluding hydrogens is 391 g/mol. The molecular formula is C26H23FN2O2. The molecule has 4 nitrogen and oxygen atoms in total. The summed E-state index contributed by atoms with van der Waals surface area (Å²) in [5, 5.41) is 3.21. The van der Waals surface area contributed by atoms with Crippen LogP contribution < -0.4 is 5.32 Å². The number of aryl methyl sites for hydroxylation is 2. The Kier molecular flexibility index (Phi) is 5.67. The molecule has 5 heteroatoms. The largest absolute Gasteiger partial charge is 0.350 e. The van der Waals surface area contributed by atoms with E-state index in [1.165, 1.54) is 17.0 Å². The Bertz CT molecular complexity index is 1160. The van der Waals surface area contributed by atoms with Crippen LogP contribution in [0.4, 0.5) is 10.1 Å². The van der Waals surface area contributed by atoms with Crippen molar-refractivity contribution in [3.05, 3.63) is 107 Å². The quantitative estimate of drug-likeness (QED) is 0.585. The van der Waals surface area contributed by atoms with E-state index < -0.39 is 0 Å². The fraction of sp³-hybridized carbons (Fsp3) is 0.154. The standard InChI is InChI=1S/C26H23FN2O2/c1-17-7-11-20(12-8-17)23-24(28-22-6-4-3-5-18(22)2)26(31)29(25(23)30)16-15-19-9-13-21(27)14-10-19/h3-14,28H,15-16H2,1-2H3. The van der Waals surface area contributed by atoms with Crippen molar-refractivity contribution in [3.63, 3.8) is 0 Å². The van der Waals surface area contributed by atoms with E-state index in [-0.39, 0.29) is 29.9 Å². The number of hydrogen-bond acceptors (Lipinski definition) is 3. The third kappa shape index (κ3) is 4.26. The molecule has 0 aliphatic carbocycles. The molecule has 1 heterocycles. The summed E-state index contributed by atoms with van der Waals surface area (Å²) < 4.78 is 13.2. The van der Waals surface area contributed by atoms with Gasteiger partial charge in [0.2, 0.25) is 0 Å². The minimum Gasteiger partial charge on any atom is -0.350 e. The first-order chi connectivity index (χ1) is 14.9. The lowest BCUT2D eigenvalue weighted by Gasteiger charge is -2.15. The number of para-hydroxylation sites is 1. The number of nitrogens with one attached hydrogen (secondary N) is 1. The molecule has 4 rings (SSSR count). The van der Waals surface area contributed by atoms with Crippen molar-refractivity contribution in [2.24, 2.45) is 0 Å². The summed E-state index contributed by atoms with van der Waals surface area (Å²) in [6.07, 6.45) is 0.455. The van der Waals surface area contributed by atoms with Crippen LogP contribution in [0.25, 0.3) is 5.57 Å². The van der Waals surface area contributed by atoms with Gasteiger partial charge in [0.05, 0.1) is 5.57 Å². The number of carbonyl (C=O) groups is 2. The summed E-state index contributed by atoms with van der Waals surface area (Å²) in [4.78, 5) is 27.9. The molecule has 31 heavy (non-hydrogen) atoms. The molecule has 3 aromatic carbocycles. The Labute approximate surface area is 181 Å². The Morgan fingerprint density at radius 1 is 0.839 bits per heavy atom. The fourth-order valence-corrected chi connectivity index (χ4v) is 3.62. The maximum Gasteiger partial charge on any atom is 0.278 e. The molecule has 1 aliphatic rings. The van der Waals surface area contributed by atoms with Crippen molar-refractivity contribution >= 4 is 23.1 Å². The highest BCUT2D eigenvalue weighted by Crippen LogP contribution is 2.31. The van der Waals surface area contributed by atoms with Crippen molar-refractivity contribution in [1.82, 2.24) is 4.90 Å². The minimum atomic E-state index is -0.356. The molecule has 0 fully saturated rings. The molecule has 0 atom stereocenters. The molecule has 0 unspecified atom stereocenters. The molecule has 3 aromatic rings. The van der Waals surface area contributed by atoms with E-state index >= 15 is 0 Å². The molecule has 156 valence electrons. The molecule has 0 aromatic heterocycles. The van der Waals surface area contributed by atoms with Crippen LogP contribution in [-0.2, 0) is 16.0 Å². The van der Waals surface area contributed by atoms with Gasteiger partial charge in [-0.25, -0.2) is 4.39 Å². The van der Waals surface area contributed by atoms with Gasteiger partial charge in [0.25, 0.3) is 11.8 Å². The van der Waals surface area contributed by atoms with E-state index in [0.717, 1.165) is 22.4 Å². The Morgan fingerprint density at radius 2 is 1.52 bits per heavy atom. The summed E-state index contributed by atoms with van der Waals surface area (Å²) in [5.74, 6) is -0.997. The number of benzene rings is 3. The third-order valence-electron chi connectivity index (χ3n) is 5.45. The average molecular weight is 414 g/mol. The van der Waals surface area contributed by atoms with E-state index in [1.54, 1.807) is 12.1 Å². The summed E-state index contributed by atoms with van der Waals surface area (Å²) in [7, 11) is 0. The van der Waals surface area contributed by atoms with E-state index in [2.05, 4.69) is 5.32 Å². The predicted molar refractivity (Wildman–Crippen MR) is 120 cm³/mol. The van der Waals surface area contributed by atoms with Crippen LogP contribution >= 0.6 is 0 Å². The number of amides is 2. The zero-order valence-electron chi connectivity index (χ0n) is 17.5. The van der Waals surface area contributed by atoms with Crippen LogP contribution in [0.1, 0.15) is 22.3 Å². The number of anilines is 1. The Morgan fingerprint density at radius 3 is 2.19 bits per heavy atom. The number of carbonyl (C=O) groups excluding carboxylic acids is 2. The highest BCUT2D eigenvalue weighted by molar-refractivity contribution is 6.36. The van der Waals surface area contributed by atoms with E-state index in [4.69, 9.17) is 0 Å². The number of imide groups is 1. The van der Waals surface area contributed by atoms with Crippen LogP contribution in [-0.4, -0.2) is 23.3 Å². The van der Waals surface area contributed by atoms with Crippen molar-refractivity contribution in [2.45, 2.75) is 20.3 Å².